The number of primary amides is 1. The van der Waals surface area contributed by atoms with Crippen LogP contribution in [0.25, 0.3) is 0 Å². The minimum absolute atomic E-state index is 0.0996. The van der Waals surface area contributed by atoms with Crippen molar-refractivity contribution in [1.82, 2.24) is 15.1 Å². The fourth-order valence-electron chi connectivity index (χ4n) is 4.56. The van der Waals surface area contributed by atoms with E-state index in [0.29, 0.717) is 45.2 Å². The number of nitrogens with zero attached hydrogens (tertiary/aromatic N) is 2. The minimum atomic E-state index is -0.808. The van der Waals surface area contributed by atoms with E-state index in [0.717, 1.165) is 5.56 Å². The molecule has 0 bridgehead atoms. The number of rotatable bonds is 8. The van der Waals surface area contributed by atoms with Gasteiger partial charge in [-0.3, -0.25) is 14.4 Å². The van der Waals surface area contributed by atoms with Gasteiger partial charge in [0, 0.05) is 13.1 Å². The van der Waals surface area contributed by atoms with E-state index < -0.39 is 30.1 Å². The van der Waals surface area contributed by atoms with Gasteiger partial charge in [0.25, 0.3) is 0 Å². The molecule has 4 atom stereocenters. The quantitative estimate of drug-likeness (QED) is 0.615. The van der Waals surface area contributed by atoms with E-state index in [1.54, 1.807) is 4.90 Å². The highest BCUT2D eigenvalue weighted by molar-refractivity contribution is 5.94. The Morgan fingerprint density at radius 3 is 2.33 bits per heavy atom. The zero-order chi connectivity index (χ0) is 24.0. The summed E-state index contributed by atoms with van der Waals surface area (Å²) in [4.78, 5) is 54.0. The Morgan fingerprint density at radius 1 is 1.06 bits per heavy atom. The van der Waals surface area contributed by atoms with Gasteiger partial charge in [0.1, 0.15) is 24.7 Å². The smallest absolute Gasteiger partial charge is 0.408 e. The van der Waals surface area contributed by atoms with Crippen LogP contribution >= 0.6 is 0 Å². The highest BCUT2D eigenvalue weighted by Crippen LogP contribution is 2.26. The van der Waals surface area contributed by atoms with E-state index in [1.807, 2.05) is 44.2 Å². The number of nitrogens with one attached hydrogen (secondary N) is 1. The molecule has 180 valence electrons. The maximum Gasteiger partial charge on any atom is 0.408 e. The predicted molar refractivity (Wildman–Crippen MR) is 122 cm³/mol. The average Bonchev–Trinajstić information content (AvgIpc) is 3.50. The van der Waals surface area contributed by atoms with Crippen LogP contribution in [0.2, 0.25) is 0 Å². The lowest BCUT2D eigenvalue weighted by molar-refractivity contribution is -0.147. The standard InChI is InChI=1S/C24H34N4O5/c1-3-16(2)20(26-24(32)33-15-17-9-5-4-6-10-17)23(31)28-14-8-12-19(28)22(30)27-13-7-11-18(27)21(25)29/h4-6,9-10,16,18-20H,3,7-8,11-15H2,1-2H3,(H2,25,29)(H,26,32). The van der Waals surface area contributed by atoms with Crippen LogP contribution in [0.5, 0.6) is 0 Å². The Morgan fingerprint density at radius 2 is 1.70 bits per heavy atom. The second kappa shape index (κ2) is 11.2. The summed E-state index contributed by atoms with van der Waals surface area (Å²) in [7, 11) is 0. The molecular weight excluding hydrogens is 424 g/mol. The van der Waals surface area contributed by atoms with Crippen molar-refractivity contribution < 1.29 is 23.9 Å². The van der Waals surface area contributed by atoms with E-state index in [-0.39, 0.29) is 24.3 Å². The van der Waals surface area contributed by atoms with Gasteiger partial charge in [-0.05, 0) is 37.2 Å². The molecule has 4 unspecified atom stereocenters. The molecule has 9 heteroatoms. The molecule has 0 saturated carbocycles. The average molecular weight is 459 g/mol. The molecule has 3 rings (SSSR count). The first kappa shape index (κ1) is 24.5. The lowest BCUT2D eigenvalue weighted by Gasteiger charge is -2.33. The van der Waals surface area contributed by atoms with Crippen molar-refractivity contribution in [3.8, 4) is 0 Å². The van der Waals surface area contributed by atoms with Crippen LogP contribution in [0.3, 0.4) is 0 Å². The van der Waals surface area contributed by atoms with Crippen LogP contribution in [0.1, 0.15) is 51.5 Å². The normalized spacial score (nSPS) is 22.0. The number of ether oxygens (including phenoxy) is 1. The van der Waals surface area contributed by atoms with Gasteiger partial charge in [-0.15, -0.1) is 0 Å². The molecule has 0 spiro atoms. The molecule has 1 aromatic rings. The zero-order valence-corrected chi connectivity index (χ0v) is 19.4. The first-order chi connectivity index (χ1) is 15.8. The number of nitrogens with two attached hydrogens (primary N) is 1. The van der Waals surface area contributed by atoms with Crippen LogP contribution in [-0.2, 0) is 25.7 Å². The third-order valence-corrected chi connectivity index (χ3v) is 6.65. The Kier molecular flexibility index (Phi) is 8.30. The highest BCUT2D eigenvalue weighted by atomic mass is 16.5. The molecule has 2 aliphatic rings. The van der Waals surface area contributed by atoms with Crippen molar-refractivity contribution >= 4 is 23.8 Å². The summed E-state index contributed by atoms with van der Waals surface area (Å²) in [6.45, 7) is 4.82. The number of amides is 4. The van der Waals surface area contributed by atoms with Gasteiger partial charge in [0.15, 0.2) is 0 Å². The summed E-state index contributed by atoms with van der Waals surface area (Å²) < 4.78 is 5.31. The number of carbonyl (C=O) groups excluding carboxylic acids is 4. The number of benzene rings is 1. The minimum Gasteiger partial charge on any atom is -0.445 e. The number of alkyl carbamates (subject to hydrolysis) is 1. The molecule has 2 heterocycles. The highest BCUT2D eigenvalue weighted by Gasteiger charge is 2.43. The van der Waals surface area contributed by atoms with Gasteiger partial charge in [-0.2, -0.15) is 0 Å². The first-order valence-corrected chi connectivity index (χ1v) is 11.7. The molecule has 3 N–H and O–H groups in total. The number of carbonyl (C=O) groups is 4. The number of hydrogen-bond acceptors (Lipinski definition) is 5. The summed E-state index contributed by atoms with van der Waals surface area (Å²) in [6, 6.07) is 7.22. The second-order valence-electron chi connectivity index (χ2n) is 8.85. The summed E-state index contributed by atoms with van der Waals surface area (Å²) in [6.07, 6.45) is 2.46. The molecule has 4 amide bonds. The second-order valence-corrected chi connectivity index (χ2v) is 8.85. The molecule has 2 aliphatic heterocycles. The number of hydrogen-bond donors (Lipinski definition) is 2. The van der Waals surface area contributed by atoms with E-state index in [2.05, 4.69) is 5.32 Å². The van der Waals surface area contributed by atoms with Gasteiger partial charge in [0.2, 0.25) is 17.7 Å². The van der Waals surface area contributed by atoms with Crippen molar-refractivity contribution in [2.45, 2.75) is 70.7 Å². The topological polar surface area (TPSA) is 122 Å². The van der Waals surface area contributed by atoms with Gasteiger partial charge < -0.3 is 25.6 Å². The largest absolute Gasteiger partial charge is 0.445 e. The third kappa shape index (κ3) is 5.83. The van der Waals surface area contributed by atoms with Crippen LogP contribution in [0, 0.1) is 5.92 Å². The van der Waals surface area contributed by atoms with E-state index in [1.165, 1.54) is 4.90 Å². The van der Waals surface area contributed by atoms with Gasteiger partial charge in [0.05, 0.1) is 0 Å². The molecule has 33 heavy (non-hydrogen) atoms. The summed E-state index contributed by atoms with van der Waals surface area (Å²) >= 11 is 0. The Bertz CT molecular complexity index is 862. The lowest BCUT2D eigenvalue weighted by Crippen LogP contribution is -2.57. The fraction of sp³-hybridized carbons (Fsp3) is 0.583. The summed E-state index contributed by atoms with van der Waals surface area (Å²) in [5, 5.41) is 2.72. The maximum atomic E-state index is 13.5. The Labute approximate surface area is 194 Å². The molecule has 0 aliphatic carbocycles. The van der Waals surface area contributed by atoms with E-state index >= 15 is 0 Å². The van der Waals surface area contributed by atoms with Crippen molar-refractivity contribution in [2.24, 2.45) is 11.7 Å². The SMILES string of the molecule is CCC(C)C(NC(=O)OCc1ccccc1)C(=O)N1CCCC1C(=O)N1CCCC1C(N)=O. The third-order valence-electron chi connectivity index (χ3n) is 6.65. The molecule has 2 fully saturated rings. The lowest BCUT2D eigenvalue weighted by atomic mass is 9.97. The maximum absolute atomic E-state index is 13.5. The Hall–Kier alpha value is -3.10. The van der Waals surface area contributed by atoms with Crippen LogP contribution in [-0.4, -0.2) is 64.8 Å². The van der Waals surface area contributed by atoms with Crippen molar-refractivity contribution in [3.05, 3.63) is 35.9 Å². The van der Waals surface area contributed by atoms with Crippen molar-refractivity contribution in [2.75, 3.05) is 13.1 Å². The Balaban J connectivity index is 1.68. The van der Waals surface area contributed by atoms with Gasteiger partial charge in [-0.25, -0.2) is 4.79 Å². The van der Waals surface area contributed by atoms with E-state index in [4.69, 9.17) is 10.5 Å². The first-order valence-electron chi connectivity index (χ1n) is 11.7. The van der Waals surface area contributed by atoms with Crippen molar-refractivity contribution in [1.29, 1.82) is 0 Å². The van der Waals surface area contributed by atoms with Crippen LogP contribution < -0.4 is 11.1 Å². The molecule has 9 nitrogen and oxygen atoms in total. The fourth-order valence-corrected chi connectivity index (χ4v) is 4.56. The van der Waals surface area contributed by atoms with Crippen LogP contribution in [0.4, 0.5) is 4.79 Å². The number of likely N-dealkylation sites (tertiary alicyclic amines) is 2. The van der Waals surface area contributed by atoms with Gasteiger partial charge in [-0.1, -0.05) is 50.6 Å². The molecular formula is C24H34N4O5. The van der Waals surface area contributed by atoms with Crippen molar-refractivity contribution in [3.63, 3.8) is 0 Å². The molecule has 1 aromatic carbocycles. The predicted octanol–water partition coefficient (Wildman–Crippen LogP) is 1.79. The zero-order valence-electron chi connectivity index (χ0n) is 19.4. The van der Waals surface area contributed by atoms with E-state index in [9.17, 15) is 19.2 Å². The van der Waals surface area contributed by atoms with Gasteiger partial charge >= 0.3 is 6.09 Å². The molecule has 0 radical (unpaired) electrons. The molecule has 2 saturated heterocycles. The summed E-state index contributed by atoms with van der Waals surface area (Å²) in [5.74, 6) is -1.20. The monoisotopic (exact) mass is 458 g/mol. The summed E-state index contributed by atoms with van der Waals surface area (Å²) in [5.41, 5.74) is 6.32. The van der Waals surface area contributed by atoms with Crippen LogP contribution in [0.15, 0.2) is 30.3 Å². The molecule has 0 aromatic heterocycles.